The smallest absolute Gasteiger partial charge is 0.185 e. The van der Waals surface area contributed by atoms with Crippen LogP contribution in [0.4, 0.5) is 4.39 Å². The van der Waals surface area contributed by atoms with Gasteiger partial charge in [-0.1, -0.05) is 6.07 Å². The highest BCUT2D eigenvalue weighted by Gasteiger charge is 2.17. The van der Waals surface area contributed by atoms with Crippen molar-refractivity contribution >= 4 is 22.2 Å². The number of aromatic nitrogens is 2. The van der Waals surface area contributed by atoms with Gasteiger partial charge in [-0.3, -0.25) is 4.79 Å². The Bertz CT molecular complexity index is 630. The number of carbonyl (C=O) groups excluding carboxylic acids is 1. The molecule has 0 atom stereocenters. The van der Waals surface area contributed by atoms with Crippen molar-refractivity contribution in [1.29, 1.82) is 5.26 Å². The van der Waals surface area contributed by atoms with Crippen LogP contribution in [-0.2, 0) is 0 Å². The van der Waals surface area contributed by atoms with Gasteiger partial charge in [-0.05, 0) is 28.1 Å². The van der Waals surface area contributed by atoms with Gasteiger partial charge in [0, 0.05) is 0 Å². The number of hydrogen-bond acceptors (Lipinski definition) is 3. The zero-order valence-electron chi connectivity index (χ0n) is 8.37. The minimum atomic E-state index is -0.561. The Morgan fingerprint density at radius 3 is 2.88 bits per heavy atom. The standard InChI is InChI=1S/C11H5BrFN3O/c12-11-10(15-8(5-17)16-11)9-6(4-14)2-1-3-7(9)13/h1-3,5H,(H,15,16). The molecule has 0 spiro atoms. The molecule has 0 bridgehead atoms. The summed E-state index contributed by atoms with van der Waals surface area (Å²) in [6, 6.07) is 6.05. The van der Waals surface area contributed by atoms with Crippen molar-refractivity contribution in [3.63, 3.8) is 0 Å². The summed E-state index contributed by atoms with van der Waals surface area (Å²) in [5.41, 5.74) is 0.447. The molecule has 1 aromatic carbocycles. The van der Waals surface area contributed by atoms with E-state index >= 15 is 0 Å². The van der Waals surface area contributed by atoms with Crippen molar-refractivity contribution < 1.29 is 9.18 Å². The first kappa shape index (κ1) is 11.5. The highest BCUT2D eigenvalue weighted by Crippen LogP contribution is 2.30. The van der Waals surface area contributed by atoms with Crippen LogP contribution in [-0.4, -0.2) is 16.3 Å². The molecule has 6 heteroatoms. The lowest BCUT2D eigenvalue weighted by Gasteiger charge is -2.02. The van der Waals surface area contributed by atoms with E-state index in [2.05, 4.69) is 25.9 Å². The lowest BCUT2D eigenvalue weighted by Crippen LogP contribution is -1.91. The molecule has 1 heterocycles. The molecule has 84 valence electrons. The maximum absolute atomic E-state index is 13.7. The maximum Gasteiger partial charge on any atom is 0.185 e. The molecule has 0 amide bonds. The average molecular weight is 294 g/mol. The SMILES string of the molecule is N#Cc1cccc(F)c1-c1nc(C=O)[nH]c1Br. The summed E-state index contributed by atoms with van der Waals surface area (Å²) in [4.78, 5) is 17.1. The maximum atomic E-state index is 13.7. The normalized spacial score (nSPS) is 9.94. The monoisotopic (exact) mass is 293 g/mol. The second kappa shape index (κ2) is 4.47. The summed E-state index contributed by atoms with van der Waals surface area (Å²) < 4.78 is 14.1. The first-order chi connectivity index (χ1) is 8.17. The number of hydrogen-bond donors (Lipinski definition) is 1. The Morgan fingerprint density at radius 2 is 2.29 bits per heavy atom. The van der Waals surface area contributed by atoms with Crippen LogP contribution in [0.5, 0.6) is 0 Å². The van der Waals surface area contributed by atoms with Gasteiger partial charge in [0.05, 0.1) is 17.2 Å². The number of nitrogens with one attached hydrogen (secondary N) is 1. The minimum Gasteiger partial charge on any atom is -0.330 e. The molecule has 0 aliphatic carbocycles. The van der Waals surface area contributed by atoms with Gasteiger partial charge in [0.1, 0.15) is 16.1 Å². The van der Waals surface area contributed by atoms with Crippen LogP contribution in [0, 0.1) is 17.1 Å². The van der Waals surface area contributed by atoms with Crippen molar-refractivity contribution in [3.8, 4) is 17.3 Å². The Balaban J connectivity index is 2.72. The van der Waals surface area contributed by atoms with Crippen LogP contribution < -0.4 is 0 Å². The van der Waals surface area contributed by atoms with E-state index in [-0.39, 0.29) is 22.6 Å². The third-order valence-corrected chi connectivity index (χ3v) is 2.73. The van der Waals surface area contributed by atoms with Crippen molar-refractivity contribution in [1.82, 2.24) is 9.97 Å². The van der Waals surface area contributed by atoms with Gasteiger partial charge in [-0.25, -0.2) is 9.37 Å². The van der Waals surface area contributed by atoms with E-state index in [1.165, 1.54) is 18.2 Å². The molecule has 0 radical (unpaired) electrons. The molecule has 17 heavy (non-hydrogen) atoms. The number of halogens is 2. The quantitative estimate of drug-likeness (QED) is 0.866. The highest BCUT2D eigenvalue weighted by atomic mass is 79.9. The largest absolute Gasteiger partial charge is 0.330 e. The third-order valence-electron chi connectivity index (χ3n) is 2.16. The van der Waals surface area contributed by atoms with E-state index in [1.807, 2.05) is 6.07 Å². The van der Waals surface area contributed by atoms with E-state index in [4.69, 9.17) is 5.26 Å². The molecule has 0 aliphatic heterocycles. The number of aromatic amines is 1. The van der Waals surface area contributed by atoms with Gasteiger partial charge in [0.2, 0.25) is 0 Å². The van der Waals surface area contributed by atoms with Crippen LogP contribution in [0.1, 0.15) is 16.2 Å². The van der Waals surface area contributed by atoms with Crippen LogP contribution in [0.25, 0.3) is 11.3 Å². The lowest BCUT2D eigenvalue weighted by atomic mass is 10.1. The molecule has 1 N–H and O–H groups in total. The van der Waals surface area contributed by atoms with Gasteiger partial charge in [-0.2, -0.15) is 5.26 Å². The fourth-order valence-electron chi connectivity index (χ4n) is 1.45. The number of nitrogens with zero attached hydrogens (tertiary/aromatic N) is 2. The van der Waals surface area contributed by atoms with E-state index < -0.39 is 5.82 Å². The number of nitriles is 1. The van der Waals surface area contributed by atoms with Gasteiger partial charge < -0.3 is 4.98 Å². The van der Waals surface area contributed by atoms with Crippen LogP contribution in [0.15, 0.2) is 22.8 Å². The van der Waals surface area contributed by atoms with E-state index in [9.17, 15) is 9.18 Å². The molecular formula is C11H5BrFN3O. The molecule has 0 saturated carbocycles. The van der Waals surface area contributed by atoms with Gasteiger partial charge in [0.25, 0.3) is 0 Å². The molecule has 4 nitrogen and oxygen atoms in total. The van der Waals surface area contributed by atoms with Crippen LogP contribution in [0.2, 0.25) is 0 Å². The molecule has 0 fully saturated rings. The number of H-pyrrole nitrogens is 1. The number of carbonyl (C=O) groups is 1. The number of imidazole rings is 1. The van der Waals surface area contributed by atoms with Crippen molar-refractivity contribution in [3.05, 3.63) is 40.0 Å². The predicted octanol–water partition coefficient (Wildman–Crippen LogP) is 2.66. The number of benzene rings is 1. The van der Waals surface area contributed by atoms with Crippen LogP contribution >= 0.6 is 15.9 Å². The zero-order chi connectivity index (χ0) is 12.4. The summed E-state index contributed by atoms with van der Waals surface area (Å²) in [6.07, 6.45) is 0.515. The van der Waals surface area contributed by atoms with E-state index in [0.29, 0.717) is 10.9 Å². The predicted molar refractivity (Wildman–Crippen MR) is 61.8 cm³/mol. The molecule has 2 aromatic rings. The Morgan fingerprint density at radius 1 is 1.53 bits per heavy atom. The summed E-state index contributed by atoms with van der Waals surface area (Å²) in [7, 11) is 0. The third kappa shape index (κ3) is 1.97. The fourth-order valence-corrected chi connectivity index (χ4v) is 1.94. The van der Waals surface area contributed by atoms with Crippen molar-refractivity contribution in [2.45, 2.75) is 0 Å². The van der Waals surface area contributed by atoms with Gasteiger partial charge in [0.15, 0.2) is 12.1 Å². The summed E-state index contributed by atoms with van der Waals surface area (Å²) in [5, 5.41) is 8.92. The lowest BCUT2D eigenvalue weighted by molar-refractivity contribution is 0.111. The highest BCUT2D eigenvalue weighted by molar-refractivity contribution is 9.10. The van der Waals surface area contributed by atoms with Crippen LogP contribution in [0.3, 0.4) is 0 Å². The topological polar surface area (TPSA) is 69.5 Å². The second-order valence-corrected chi connectivity index (χ2v) is 3.97. The summed E-state index contributed by atoms with van der Waals surface area (Å²) >= 11 is 3.14. The average Bonchev–Trinajstić information content (AvgIpc) is 2.70. The zero-order valence-corrected chi connectivity index (χ0v) is 9.95. The second-order valence-electron chi connectivity index (χ2n) is 3.18. The van der Waals surface area contributed by atoms with Gasteiger partial charge >= 0.3 is 0 Å². The van der Waals surface area contributed by atoms with Crippen molar-refractivity contribution in [2.24, 2.45) is 0 Å². The van der Waals surface area contributed by atoms with Gasteiger partial charge in [-0.15, -0.1) is 0 Å². The molecule has 0 unspecified atom stereocenters. The molecule has 2 rings (SSSR count). The first-order valence-corrected chi connectivity index (χ1v) is 5.36. The number of aldehydes is 1. The molecule has 1 aromatic heterocycles. The van der Waals surface area contributed by atoms with E-state index in [1.54, 1.807) is 0 Å². The molecular weight excluding hydrogens is 289 g/mol. The Kier molecular flexibility index (Phi) is 3.02. The Hall–Kier alpha value is -2.00. The van der Waals surface area contributed by atoms with E-state index in [0.717, 1.165) is 0 Å². The molecule has 0 saturated heterocycles. The fraction of sp³-hybridized carbons (Fsp3) is 0. The Labute approximate surface area is 104 Å². The summed E-state index contributed by atoms with van der Waals surface area (Å²) in [6.45, 7) is 0. The van der Waals surface area contributed by atoms with Crippen molar-refractivity contribution in [2.75, 3.05) is 0 Å². The summed E-state index contributed by atoms with van der Waals surface area (Å²) in [5.74, 6) is -0.493. The molecule has 0 aliphatic rings. The number of rotatable bonds is 2. The minimum absolute atomic E-state index is 0.0685. The first-order valence-electron chi connectivity index (χ1n) is 4.57.